The number of hydrogen-bond acceptors (Lipinski definition) is 3. The highest BCUT2D eigenvalue weighted by atomic mass is 16.1. The first-order valence-electron chi connectivity index (χ1n) is 6.45. The number of ketones is 1. The maximum atomic E-state index is 11.3. The molecule has 0 aliphatic heterocycles. The number of nitrogens with zero attached hydrogens (tertiary/aromatic N) is 2. The summed E-state index contributed by atoms with van der Waals surface area (Å²) in [6.07, 6.45) is 3.62. The van der Waals surface area contributed by atoms with Gasteiger partial charge in [0.05, 0.1) is 0 Å². The van der Waals surface area contributed by atoms with E-state index in [0.29, 0.717) is 0 Å². The van der Waals surface area contributed by atoms with Crippen molar-refractivity contribution in [3.63, 3.8) is 0 Å². The van der Waals surface area contributed by atoms with Gasteiger partial charge in [-0.3, -0.25) is 9.78 Å². The summed E-state index contributed by atoms with van der Waals surface area (Å²) in [6.45, 7) is 5.48. The smallest absolute Gasteiger partial charge is 0.159 e. The van der Waals surface area contributed by atoms with Gasteiger partial charge in [0.2, 0.25) is 0 Å². The predicted octanol–water partition coefficient (Wildman–Crippen LogP) is 3.31. The van der Waals surface area contributed by atoms with Crippen molar-refractivity contribution in [2.24, 2.45) is 0 Å². The van der Waals surface area contributed by atoms with Gasteiger partial charge in [0, 0.05) is 36.7 Å². The third kappa shape index (κ3) is 3.41. The topological polar surface area (TPSA) is 33.2 Å². The Balaban J connectivity index is 2.15. The molecular formula is C16H18N2O. The SMILES string of the molecule is CCN(Cc1ccncc1)c1ccc(C(C)=O)cc1. The zero-order valence-corrected chi connectivity index (χ0v) is 11.3. The maximum absolute atomic E-state index is 11.3. The van der Waals surface area contributed by atoms with Gasteiger partial charge in [-0.05, 0) is 55.8 Å². The average molecular weight is 254 g/mol. The third-order valence-corrected chi connectivity index (χ3v) is 3.14. The van der Waals surface area contributed by atoms with Crippen LogP contribution in [0.1, 0.15) is 29.8 Å². The minimum Gasteiger partial charge on any atom is -0.367 e. The summed E-state index contributed by atoms with van der Waals surface area (Å²) in [5, 5.41) is 0. The van der Waals surface area contributed by atoms with Crippen LogP contribution in [-0.4, -0.2) is 17.3 Å². The van der Waals surface area contributed by atoms with E-state index in [9.17, 15) is 4.79 Å². The Morgan fingerprint density at radius 2 is 1.74 bits per heavy atom. The monoisotopic (exact) mass is 254 g/mol. The molecule has 1 aromatic heterocycles. The Morgan fingerprint density at radius 1 is 1.11 bits per heavy atom. The summed E-state index contributed by atoms with van der Waals surface area (Å²) in [5.41, 5.74) is 3.11. The molecule has 0 atom stereocenters. The van der Waals surface area contributed by atoms with Crippen LogP contribution in [0.3, 0.4) is 0 Å². The van der Waals surface area contributed by atoms with Crippen molar-refractivity contribution in [1.82, 2.24) is 4.98 Å². The molecule has 0 aliphatic carbocycles. The van der Waals surface area contributed by atoms with Crippen LogP contribution in [0.2, 0.25) is 0 Å². The molecule has 1 heterocycles. The molecular weight excluding hydrogens is 236 g/mol. The van der Waals surface area contributed by atoms with Gasteiger partial charge in [-0.1, -0.05) is 0 Å². The molecule has 1 aromatic carbocycles. The Labute approximate surface area is 113 Å². The predicted molar refractivity (Wildman–Crippen MR) is 77.4 cm³/mol. The van der Waals surface area contributed by atoms with Gasteiger partial charge >= 0.3 is 0 Å². The number of carbonyl (C=O) groups excluding carboxylic acids is 1. The summed E-state index contributed by atoms with van der Waals surface area (Å²) in [5.74, 6) is 0.101. The highest BCUT2D eigenvalue weighted by Gasteiger charge is 2.06. The van der Waals surface area contributed by atoms with Gasteiger partial charge < -0.3 is 4.90 Å². The quantitative estimate of drug-likeness (QED) is 0.767. The second kappa shape index (κ2) is 6.14. The molecule has 0 unspecified atom stereocenters. The number of rotatable bonds is 5. The van der Waals surface area contributed by atoms with Crippen molar-refractivity contribution in [3.8, 4) is 0 Å². The number of pyridine rings is 1. The number of Topliss-reactive ketones (excluding diaryl/α,β-unsaturated/α-hetero) is 1. The molecule has 0 saturated carbocycles. The van der Waals surface area contributed by atoms with Crippen molar-refractivity contribution in [2.45, 2.75) is 20.4 Å². The van der Waals surface area contributed by atoms with Gasteiger partial charge in [-0.2, -0.15) is 0 Å². The first kappa shape index (κ1) is 13.3. The van der Waals surface area contributed by atoms with E-state index in [1.807, 2.05) is 48.8 Å². The van der Waals surface area contributed by atoms with E-state index in [0.717, 1.165) is 24.3 Å². The van der Waals surface area contributed by atoms with Crippen molar-refractivity contribution >= 4 is 11.5 Å². The van der Waals surface area contributed by atoms with Gasteiger partial charge in [0.15, 0.2) is 5.78 Å². The number of carbonyl (C=O) groups is 1. The average Bonchev–Trinajstić information content (AvgIpc) is 2.46. The Kier molecular flexibility index (Phi) is 4.29. The van der Waals surface area contributed by atoms with Crippen LogP contribution in [0.15, 0.2) is 48.8 Å². The molecule has 0 aliphatic rings. The number of anilines is 1. The molecule has 2 rings (SSSR count). The number of hydrogen-bond donors (Lipinski definition) is 0. The van der Waals surface area contributed by atoms with Crippen molar-refractivity contribution in [2.75, 3.05) is 11.4 Å². The molecule has 0 amide bonds. The normalized spacial score (nSPS) is 10.2. The van der Waals surface area contributed by atoms with Crippen LogP contribution >= 0.6 is 0 Å². The van der Waals surface area contributed by atoms with E-state index in [-0.39, 0.29) is 5.78 Å². The van der Waals surface area contributed by atoms with Crippen LogP contribution in [-0.2, 0) is 6.54 Å². The van der Waals surface area contributed by atoms with E-state index in [4.69, 9.17) is 0 Å². The summed E-state index contributed by atoms with van der Waals surface area (Å²) in [6, 6.07) is 11.8. The first-order chi connectivity index (χ1) is 9.20. The molecule has 0 saturated heterocycles. The summed E-state index contributed by atoms with van der Waals surface area (Å²) in [4.78, 5) is 17.6. The molecule has 0 bridgehead atoms. The minimum absolute atomic E-state index is 0.101. The largest absolute Gasteiger partial charge is 0.367 e. The Morgan fingerprint density at radius 3 is 2.26 bits per heavy atom. The van der Waals surface area contributed by atoms with Crippen molar-refractivity contribution in [3.05, 3.63) is 59.9 Å². The van der Waals surface area contributed by atoms with Crippen LogP contribution < -0.4 is 4.90 Å². The number of benzene rings is 1. The molecule has 0 radical (unpaired) electrons. The van der Waals surface area contributed by atoms with E-state index in [2.05, 4.69) is 16.8 Å². The van der Waals surface area contributed by atoms with Crippen LogP contribution in [0.25, 0.3) is 0 Å². The first-order valence-corrected chi connectivity index (χ1v) is 6.45. The third-order valence-electron chi connectivity index (χ3n) is 3.14. The van der Waals surface area contributed by atoms with Gasteiger partial charge in [0.25, 0.3) is 0 Å². The van der Waals surface area contributed by atoms with Crippen molar-refractivity contribution < 1.29 is 4.79 Å². The van der Waals surface area contributed by atoms with Crippen LogP contribution in [0.4, 0.5) is 5.69 Å². The van der Waals surface area contributed by atoms with Crippen LogP contribution in [0, 0.1) is 0 Å². The fourth-order valence-corrected chi connectivity index (χ4v) is 2.00. The van der Waals surface area contributed by atoms with E-state index in [1.54, 1.807) is 6.92 Å². The summed E-state index contributed by atoms with van der Waals surface area (Å²) < 4.78 is 0. The number of aromatic nitrogens is 1. The molecule has 2 aromatic rings. The zero-order chi connectivity index (χ0) is 13.7. The standard InChI is InChI=1S/C16H18N2O/c1-3-18(12-14-8-10-17-11-9-14)16-6-4-15(5-7-16)13(2)19/h4-11H,3,12H2,1-2H3. The molecule has 0 fully saturated rings. The molecule has 19 heavy (non-hydrogen) atoms. The highest BCUT2D eigenvalue weighted by molar-refractivity contribution is 5.94. The molecule has 98 valence electrons. The lowest BCUT2D eigenvalue weighted by atomic mass is 10.1. The lowest BCUT2D eigenvalue weighted by molar-refractivity contribution is 0.101. The molecule has 0 N–H and O–H groups in total. The Bertz CT molecular complexity index is 534. The van der Waals surface area contributed by atoms with E-state index in [1.165, 1.54) is 5.56 Å². The second-order valence-electron chi connectivity index (χ2n) is 4.47. The second-order valence-corrected chi connectivity index (χ2v) is 4.47. The summed E-state index contributed by atoms with van der Waals surface area (Å²) in [7, 11) is 0. The van der Waals surface area contributed by atoms with E-state index >= 15 is 0 Å². The fraction of sp³-hybridized carbons (Fsp3) is 0.250. The molecule has 0 spiro atoms. The van der Waals surface area contributed by atoms with Gasteiger partial charge in [0.1, 0.15) is 0 Å². The Hall–Kier alpha value is -2.16. The maximum Gasteiger partial charge on any atom is 0.159 e. The van der Waals surface area contributed by atoms with Crippen molar-refractivity contribution in [1.29, 1.82) is 0 Å². The molecule has 3 heteroatoms. The lowest BCUT2D eigenvalue weighted by Crippen LogP contribution is -2.21. The van der Waals surface area contributed by atoms with Gasteiger partial charge in [-0.15, -0.1) is 0 Å². The fourth-order valence-electron chi connectivity index (χ4n) is 2.00. The van der Waals surface area contributed by atoms with Gasteiger partial charge in [-0.25, -0.2) is 0 Å². The molecule has 3 nitrogen and oxygen atoms in total. The van der Waals surface area contributed by atoms with Crippen LogP contribution in [0.5, 0.6) is 0 Å². The van der Waals surface area contributed by atoms with E-state index < -0.39 is 0 Å². The highest BCUT2D eigenvalue weighted by Crippen LogP contribution is 2.18. The minimum atomic E-state index is 0.101. The lowest BCUT2D eigenvalue weighted by Gasteiger charge is -2.23. The zero-order valence-electron chi connectivity index (χ0n) is 11.3. The summed E-state index contributed by atoms with van der Waals surface area (Å²) >= 11 is 0.